The standard InChI is InChI=1S/C14H18N4O/c1-10-8-11(4-5-12(10)15)14(19)18(3)9-13-16-6-7-17(13)2/h4-8H,9,15H2,1-3H3. The molecule has 0 spiro atoms. The minimum Gasteiger partial charge on any atom is -0.399 e. The third kappa shape index (κ3) is 2.76. The van der Waals surface area contributed by atoms with E-state index in [0.717, 1.165) is 11.4 Å². The van der Waals surface area contributed by atoms with Gasteiger partial charge in [-0.3, -0.25) is 4.79 Å². The first-order valence-corrected chi connectivity index (χ1v) is 6.07. The van der Waals surface area contributed by atoms with E-state index in [9.17, 15) is 4.79 Å². The Bertz CT molecular complexity index is 603. The predicted octanol–water partition coefficient (Wildman–Crippen LogP) is 1.58. The van der Waals surface area contributed by atoms with E-state index in [-0.39, 0.29) is 5.91 Å². The molecule has 1 aromatic heterocycles. The molecule has 2 N–H and O–H groups in total. The maximum Gasteiger partial charge on any atom is 0.254 e. The summed E-state index contributed by atoms with van der Waals surface area (Å²) in [6.45, 7) is 2.37. The number of carbonyl (C=O) groups is 1. The van der Waals surface area contributed by atoms with Crippen molar-refractivity contribution in [1.29, 1.82) is 0 Å². The Hall–Kier alpha value is -2.30. The van der Waals surface area contributed by atoms with Crippen LogP contribution in [-0.2, 0) is 13.6 Å². The van der Waals surface area contributed by atoms with Gasteiger partial charge in [0.2, 0.25) is 0 Å². The zero-order valence-electron chi connectivity index (χ0n) is 11.4. The fourth-order valence-electron chi connectivity index (χ4n) is 1.86. The van der Waals surface area contributed by atoms with Crippen LogP contribution in [0, 0.1) is 6.92 Å². The maximum atomic E-state index is 12.3. The van der Waals surface area contributed by atoms with Crippen molar-refractivity contribution in [3.05, 3.63) is 47.5 Å². The summed E-state index contributed by atoms with van der Waals surface area (Å²) in [5, 5.41) is 0. The van der Waals surface area contributed by atoms with Crippen LogP contribution in [0.1, 0.15) is 21.7 Å². The van der Waals surface area contributed by atoms with Gasteiger partial charge in [0, 0.05) is 37.7 Å². The number of hydrogen-bond acceptors (Lipinski definition) is 3. The summed E-state index contributed by atoms with van der Waals surface area (Å²) in [5.41, 5.74) is 8.01. The molecule has 0 aliphatic carbocycles. The van der Waals surface area contributed by atoms with Crippen molar-refractivity contribution >= 4 is 11.6 Å². The normalized spacial score (nSPS) is 10.5. The Balaban J connectivity index is 2.15. The number of aryl methyl sites for hydroxylation is 2. The smallest absolute Gasteiger partial charge is 0.254 e. The van der Waals surface area contributed by atoms with E-state index in [0.29, 0.717) is 17.8 Å². The van der Waals surface area contributed by atoms with Gasteiger partial charge in [-0.2, -0.15) is 0 Å². The molecule has 0 aliphatic rings. The number of nitrogen functional groups attached to an aromatic ring is 1. The van der Waals surface area contributed by atoms with E-state index < -0.39 is 0 Å². The minimum absolute atomic E-state index is 0.0360. The highest BCUT2D eigenvalue weighted by Crippen LogP contribution is 2.14. The summed E-state index contributed by atoms with van der Waals surface area (Å²) in [5.74, 6) is 0.814. The third-order valence-electron chi connectivity index (χ3n) is 3.16. The molecule has 19 heavy (non-hydrogen) atoms. The number of nitrogens with two attached hydrogens (primary N) is 1. The summed E-state index contributed by atoms with van der Waals surface area (Å²) < 4.78 is 1.90. The molecule has 1 amide bonds. The first kappa shape index (κ1) is 13.1. The van der Waals surface area contributed by atoms with Crippen LogP contribution >= 0.6 is 0 Å². The van der Waals surface area contributed by atoms with Crippen LogP contribution in [0.5, 0.6) is 0 Å². The van der Waals surface area contributed by atoms with Crippen LogP contribution in [0.25, 0.3) is 0 Å². The quantitative estimate of drug-likeness (QED) is 0.850. The number of benzene rings is 1. The molecular formula is C14H18N4O. The van der Waals surface area contributed by atoms with E-state index >= 15 is 0 Å². The predicted molar refractivity (Wildman–Crippen MR) is 74.6 cm³/mol. The average molecular weight is 258 g/mol. The molecule has 0 aliphatic heterocycles. The maximum absolute atomic E-state index is 12.3. The number of imidazole rings is 1. The van der Waals surface area contributed by atoms with E-state index in [2.05, 4.69) is 4.98 Å². The van der Waals surface area contributed by atoms with Gasteiger partial charge in [-0.25, -0.2) is 4.98 Å². The lowest BCUT2D eigenvalue weighted by molar-refractivity contribution is 0.0780. The van der Waals surface area contributed by atoms with Gasteiger partial charge in [0.15, 0.2) is 0 Å². The van der Waals surface area contributed by atoms with Gasteiger partial charge in [-0.05, 0) is 30.7 Å². The Morgan fingerprint density at radius 3 is 2.79 bits per heavy atom. The Morgan fingerprint density at radius 2 is 2.21 bits per heavy atom. The number of carbonyl (C=O) groups excluding carboxylic acids is 1. The number of amides is 1. The summed E-state index contributed by atoms with van der Waals surface area (Å²) in [7, 11) is 3.68. The van der Waals surface area contributed by atoms with Crippen LogP contribution in [0.15, 0.2) is 30.6 Å². The van der Waals surface area contributed by atoms with Crippen molar-refractivity contribution in [2.45, 2.75) is 13.5 Å². The molecule has 2 aromatic rings. The lowest BCUT2D eigenvalue weighted by Crippen LogP contribution is -2.27. The van der Waals surface area contributed by atoms with Crippen molar-refractivity contribution in [2.75, 3.05) is 12.8 Å². The molecule has 100 valence electrons. The van der Waals surface area contributed by atoms with Gasteiger partial charge in [0.25, 0.3) is 5.91 Å². The summed E-state index contributed by atoms with van der Waals surface area (Å²) >= 11 is 0. The molecule has 5 nitrogen and oxygen atoms in total. The molecule has 5 heteroatoms. The van der Waals surface area contributed by atoms with Crippen molar-refractivity contribution in [2.24, 2.45) is 7.05 Å². The Kier molecular flexibility index (Phi) is 3.55. The molecular weight excluding hydrogens is 240 g/mol. The van der Waals surface area contributed by atoms with Gasteiger partial charge in [0.1, 0.15) is 5.82 Å². The molecule has 0 unspecified atom stereocenters. The van der Waals surface area contributed by atoms with Gasteiger partial charge in [-0.1, -0.05) is 0 Å². The molecule has 0 saturated carbocycles. The van der Waals surface area contributed by atoms with E-state index in [1.807, 2.05) is 30.8 Å². The highest BCUT2D eigenvalue weighted by Gasteiger charge is 2.14. The number of hydrogen-bond donors (Lipinski definition) is 1. The molecule has 0 saturated heterocycles. The van der Waals surface area contributed by atoms with Crippen molar-refractivity contribution in [3.8, 4) is 0 Å². The fraction of sp³-hybridized carbons (Fsp3) is 0.286. The number of aromatic nitrogens is 2. The largest absolute Gasteiger partial charge is 0.399 e. The topological polar surface area (TPSA) is 64.2 Å². The van der Waals surface area contributed by atoms with Crippen LogP contribution in [0.4, 0.5) is 5.69 Å². The number of nitrogens with zero attached hydrogens (tertiary/aromatic N) is 3. The zero-order valence-corrected chi connectivity index (χ0v) is 11.4. The summed E-state index contributed by atoms with van der Waals surface area (Å²) in [4.78, 5) is 18.2. The zero-order chi connectivity index (χ0) is 14.0. The second-order valence-corrected chi connectivity index (χ2v) is 4.69. The highest BCUT2D eigenvalue weighted by atomic mass is 16.2. The monoisotopic (exact) mass is 258 g/mol. The van der Waals surface area contributed by atoms with E-state index in [4.69, 9.17) is 5.73 Å². The first-order chi connectivity index (χ1) is 8.99. The SMILES string of the molecule is Cc1cc(C(=O)N(C)Cc2nccn2C)ccc1N. The number of rotatable bonds is 3. The van der Waals surface area contributed by atoms with Gasteiger partial charge in [-0.15, -0.1) is 0 Å². The summed E-state index contributed by atoms with van der Waals surface area (Å²) in [6, 6.07) is 5.32. The summed E-state index contributed by atoms with van der Waals surface area (Å²) in [6.07, 6.45) is 3.59. The highest BCUT2D eigenvalue weighted by molar-refractivity contribution is 5.94. The van der Waals surface area contributed by atoms with E-state index in [1.165, 1.54) is 0 Å². The molecule has 0 atom stereocenters. The molecule has 1 aromatic carbocycles. The first-order valence-electron chi connectivity index (χ1n) is 6.07. The Morgan fingerprint density at radius 1 is 1.47 bits per heavy atom. The van der Waals surface area contributed by atoms with Gasteiger partial charge < -0.3 is 15.2 Å². The van der Waals surface area contributed by atoms with Crippen LogP contribution in [0.2, 0.25) is 0 Å². The van der Waals surface area contributed by atoms with Crippen molar-refractivity contribution < 1.29 is 4.79 Å². The molecule has 1 heterocycles. The second-order valence-electron chi connectivity index (χ2n) is 4.69. The third-order valence-corrected chi connectivity index (χ3v) is 3.16. The second kappa shape index (κ2) is 5.14. The van der Waals surface area contributed by atoms with Gasteiger partial charge in [0.05, 0.1) is 6.54 Å². The van der Waals surface area contributed by atoms with Crippen LogP contribution < -0.4 is 5.73 Å². The van der Waals surface area contributed by atoms with Crippen LogP contribution in [-0.4, -0.2) is 27.4 Å². The average Bonchev–Trinajstić information content (AvgIpc) is 2.77. The molecule has 0 bridgehead atoms. The Labute approximate surface area is 112 Å². The van der Waals surface area contributed by atoms with Crippen molar-refractivity contribution in [3.63, 3.8) is 0 Å². The molecule has 0 fully saturated rings. The molecule has 2 rings (SSSR count). The lowest BCUT2D eigenvalue weighted by Gasteiger charge is -2.17. The van der Waals surface area contributed by atoms with Crippen molar-refractivity contribution in [1.82, 2.24) is 14.5 Å². The number of anilines is 1. The van der Waals surface area contributed by atoms with Gasteiger partial charge >= 0.3 is 0 Å². The minimum atomic E-state index is -0.0360. The van der Waals surface area contributed by atoms with E-state index in [1.54, 1.807) is 30.3 Å². The fourth-order valence-corrected chi connectivity index (χ4v) is 1.86. The molecule has 0 radical (unpaired) electrons. The lowest BCUT2D eigenvalue weighted by atomic mass is 10.1. The van der Waals surface area contributed by atoms with Crippen LogP contribution in [0.3, 0.4) is 0 Å².